The number of hydrogen-bond acceptors (Lipinski definition) is 5. The Kier molecular flexibility index (Phi) is 4.80. The Balaban J connectivity index is 2.04. The third kappa shape index (κ3) is 3.63. The number of aryl methyl sites for hydroxylation is 1. The van der Waals surface area contributed by atoms with Crippen molar-refractivity contribution in [1.82, 2.24) is 14.9 Å². The van der Waals surface area contributed by atoms with Crippen LogP contribution in [-0.2, 0) is 0 Å². The van der Waals surface area contributed by atoms with E-state index in [4.69, 9.17) is 11.6 Å². The Bertz CT molecular complexity index is 811. The first-order valence-corrected chi connectivity index (χ1v) is 8.71. The lowest BCUT2D eigenvalue weighted by molar-refractivity contribution is 0.425. The van der Waals surface area contributed by atoms with Crippen molar-refractivity contribution in [2.75, 3.05) is 32.5 Å². The number of rotatable bonds is 5. The van der Waals surface area contributed by atoms with Crippen LogP contribution >= 0.6 is 22.9 Å². The Hall–Kier alpha value is -1.69. The maximum atomic E-state index is 6.08. The first kappa shape index (κ1) is 16.2. The van der Waals surface area contributed by atoms with Crippen molar-refractivity contribution in [3.05, 3.63) is 40.5 Å². The standard InChI is InChI=1S/C17H19ClN4S/c1-11-4-6-12(7-5-11)13-10-23-16-14(13)15(20-17(18)21-16)19-8-9-22(2)3/h4-7,10H,8-9H2,1-3H3,(H,19,20,21). The van der Waals surface area contributed by atoms with Crippen LogP contribution in [0, 0.1) is 6.92 Å². The molecule has 1 N–H and O–H groups in total. The highest BCUT2D eigenvalue weighted by Crippen LogP contribution is 2.37. The number of anilines is 1. The lowest BCUT2D eigenvalue weighted by Gasteiger charge is -2.12. The molecule has 0 aliphatic carbocycles. The average molecular weight is 347 g/mol. The van der Waals surface area contributed by atoms with Gasteiger partial charge in [-0.1, -0.05) is 29.8 Å². The highest BCUT2D eigenvalue weighted by molar-refractivity contribution is 7.17. The summed E-state index contributed by atoms with van der Waals surface area (Å²) in [6, 6.07) is 8.51. The molecule has 120 valence electrons. The molecule has 0 fully saturated rings. The topological polar surface area (TPSA) is 41.1 Å². The summed E-state index contributed by atoms with van der Waals surface area (Å²) >= 11 is 7.67. The van der Waals surface area contributed by atoms with Crippen LogP contribution in [0.3, 0.4) is 0 Å². The number of thiophene rings is 1. The van der Waals surface area contributed by atoms with E-state index in [9.17, 15) is 0 Å². The summed E-state index contributed by atoms with van der Waals surface area (Å²) in [5.41, 5.74) is 3.56. The van der Waals surface area contributed by atoms with Crippen LogP contribution < -0.4 is 5.32 Å². The zero-order chi connectivity index (χ0) is 16.4. The number of fused-ring (bicyclic) bond motifs is 1. The van der Waals surface area contributed by atoms with Gasteiger partial charge in [0, 0.05) is 24.0 Å². The summed E-state index contributed by atoms with van der Waals surface area (Å²) in [5.74, 6) is 0.804. The molecule has 0 amide bonds. The van der Waals surface area contributed by atoms with E-state index < -0.39 is 0 Å². The van der Waals surface area contributed by atoms with Gasteiger partial charge in [0.1, 0.15) is 10.6 Å². The zero-order valence-electron chi connectivity index (χ0n) is 13.4. The van der Waals surface area contributed by atoms with Crippen molar-refractivity contribution < 1.29 is 0 Å². The number of benzene rings is 1. The Labute approximate surface area is 145 Å². The van der Waals surface area contributed by atoms with Crippen LogP contribution in [-0.4, -0.2) is 42.1 Å². The van der Waals surface area contributed by atoms with Gasteiger partial charge in [0.25, 0.3) is 0 Å². The van der Waals surface area contributed by atoms with E-state index in [1.165, 1.54) is 11.1 Å². The van der Waals surface area contributed by atoms with Gasteiger partial charge in [0.05, 0.1) is 5.39 Å². The van der Waals surface area contributed by atoms with Gasteiger partial charge in [-0.15, -0.1) is 11.3 Å². The maximum Gasteiger partial charge on any atom is 0.225 e. The summed E-state index contributed by atoms with van der Waals surface area (Å²) in [7, 11) is 4.10. The lowest BCUT2D eigenvalue weighted by atomic mass is 10.0. The van der Waals surface area contributed by atoms with E-state index in [2.05, 4.69) is 56.8 Å². The summed E-state index contributed by atoms with van der Waals surface area (Å²) in [5, 5.41) is 6.84. The van der Waals surface area contributed by atoms with Crippen molar-refractivity contribution >= 4 is 39.0 Å². The van der Waals surface area contributed by atoms with E-state index in [0.29, 0.717) is 0 Å². The van der Waals surface area contributed by atoms with Crippen LogP contribution in [0.15, 0.2) is 29.6 Å². The molecule has 0 aliphatic heterocycles. The van der Waals surface area contributed by atoms with Crippen molar-refractivity contribution in [3.8, 4) is 11.1 Å². The molecule has 0 saturated heterocycles. The SMILES string of the molecule is Cc1ccc(-c2csc3nc(Cl)nc(NCCN(C)C)c23)cc1. The number of likely N-dealkylation sites (N-methyl/N-ethyl adjacent to an activating group) is 1. The second-order valence-corrected chi connectivity index (χ2v) is 6.96. The second-order valence-electron chi connectivity index (χ2n) is 5.77. The Morgan fingerprint density at radius 1 is 1.17 bits per heavy atom. The third-order valence-corrected chi connectivity index (χ3v) is 4.66. The molecule has 0 radical (unpaired) electrons. The average Bonchev–Trinajstić information content (AvgIpc) is 2.91. The Morgan fingerprint density at radius 2 is 1.91 bits per heavy atom. The number of aromatic nitrogens is 2. The molecule has 0 unspecified atom stereocenters. The van der Waals surface area contributed by atoms with Gasteiger partial charge in [-0.3, -0.25) is 0 Å². The lowest BCUT2D eigenvalue weighted by Crippen LogP contribution is -2.21. The normalized spacial score (nSPS) is 11.3. The molecule has 2 heterocycles. The van der Waals surface area contributed by atoms with Crippen molar-refractivity contribution in [2.24, 2.45) is 0 Å². The van der Waals surface area contributed by atoms with Gasteiger partial charge < -0.3 is 10.2 Å². The molecule has 0 aliphatic rings. The quantitative estimate of drug-likeness (QED) is 0.699. The molecule has 0 saturated carbocycles. The van der Waals surface area contributed by atoms with Gasteiger partial charge in [-0.2, -0.15) is 0 Å². The van der Waals surface area contributed by atoms with Crippen LogP contribution in [0.25, 0.3) is 21.3 Å². The van der Waals surface area contributed by atoms with Crippen molar-refractivity contribution in [1.29, 1.82) is 0 Å². The fourth-order valence-electron chi connectivity index (χ4n) is 2.39. The molecular formula is C17H19ClN4S. The molecule has 23 heavy (non-hydrogen) atoms. The largest absolute Gasteiger partial charge is 0.368 e. The third-order valence-electron chi connectivity index (χ3n) is 3.62. The summed E-state index contributed by atoms with van der Waals surface area (Å²) in [6.45, 7) is 3.82. The minimum Gasteiger partial charge on any atom is -0.368 e. The van der Waals surface area contributed by atoms with Crippen LogP contribution in [0.1, 0.15) is 5.56 Å². The van der Waals surface area contributed by atoms with Gasteiger partial charge in [0.15, 0.2) is 0 Å². The number of nitrogens with zero attached hydrogens (tertiary/aromatic N) is 3. The maximum absolute atomic E-state index is 6.08. The molecule has 0 atom stereocenters. The molecule has 6 heteroatoms. The van der Waals surface area contributed by atoms with Crippen molar-refractivity contribution in [3.63, 3.8) is 0 Å². The number of halogens is 1. The van der Waals surface area contributed by atoms with Crippen LogP contribution in [0.4, 0.5) is 5.82 Å². The zero-order valence-corrected chi connectivity index (χ0v) is 15.0. The summed E-state index contributed by atoms with van der Waals surface area (Å²) in [6.07, 6.45) is 0. The fourth-order valence-corrected chi connectivity index (χ4v) is 3.55. The van der Waals surface area contributed by atoms with E-state index in [1.54, 1.807) is 11.3 Å². The van der Waals surface area contributed by atoms with E-state index in [-0.39, 0.29) is 5.28 Å². The minimum atomic E-state index is 0.280. The van der Waals surface area contributed by atoms with Crippen LogP contribution in [0.2, 0.25) is 5.28 Å². The first-order valence-electron chi connectivity index (χ1n) is 7.45. The molecule has 3 rings (SSSR count). The van der Waals surface area contributed by atoms with Gasteiger partial charge in [0.2, 0.25) is 5.28 Å². The van der Waals surface area contributed by atoms with Gasteiger partial charge >= 0.3 is 0 Å². The Morgan fingerprint density at radius 3 is 2.61 bits per heavy atom. The minimum absolute atomic E-state index is 0.280. The molecule has 1 aromatic carbocycles. The summed E-state index contributed by atoms with van der Waals surface area (Å²) < 4.78 is 0. The second kappa shape index (κ2) is 6.83. The smallest absolute Gasteiger partial charge is 0.225 e. The van der Waals surface area contributed by atoms with Crippen molar-refractivity contribution in [2.45, 2.75) is 6.92 Å². The van der Waals surface area contributed by atoms with Gasteiger partial charge in [-0.25, -0.2) is 9.97 Å². The van der Waals surface area contributed by atoms with Crippen LogP contribution in [0.5, 0.6) is 0 Å². The highest BCUT2D eigenvalue weighted by atomic mass is 35.5. The monoisotopic (exact) mass is 346 g/mol. The highest BCUT2D eigenvalue weighted by Gasteiger charge is 2.14. The fraction of sp³-hybridized carbons (Fsp3) is 0.294. The molecule has 3 aromatic rings. The first-order chi connectivity index (χ1) is 11.0. The van der Waals surface area contributed by atoms with E-state index in [0.717, 1.165) is 34.7 Å². The van der Waals surface area contributed by atoms with E-state index >= 15 is 0 Å². The number of nitrogens with one attached hydrogen (secondary N) is 1. The van der Waals surface area contributed by atoms with Gasteiger partial charge in [-0.05, 0) is 38.2 Å². The molecule has 4 nitrogen and oxygen atoms in total. The molecule has 0 spiro atoms. The van der Waals surface area contributed by atoms with E-state index in [1.807, 2.05) is 14.1 Å². The molecule has 0 bridgehead atoms. The number of hydrogen-bond donors (Lipinski definition) is 1. The predicted octanol–water partition coefficient (Wildman–Crippen LogP) is 4.29. The molecular weight excluding hydrogens is 328 g/mol. The predicted molar refractivity (Wildman–Crippen MR) is 99.6 cm³/mol. The summed E-state index contributed by atoms with van der Waals surface area (Å²) in [4.78, 5) is 11.8. The molecule has 2 aromatic heterocycles.